The molecule has 0 saturated carbocycles. The molecule has 1 aromatic carbocycles. The van der Waals surface area contributed by atoms with Crippen molar-refractivity contribution < 1.29 is 9.50 Å². The van der Waals surface area contributed by atoms with E-state index in [0.717, 1.165) is 36.0 Å². The first-order valence-electron chi connectivity index (χ1n) is 7.41. The van der Waals surface area contributed by atoms with Gasteiger partial charge in [-0.25, -0.2) is 4.39 Å². The van der Waals surface area contributed by atoms with Crippen molar-refractivity contribution in [2.75, 3.05) is 19.6 Å². The van der Waals surface area contributed by atoms with Gasteiger partial charge in [0.05, 0.1) is 5.52 Å². The monoisotopic (exact) mass is 276 g/mol. The zero-order chi connectivity index (χ0) is 14.1. The van der Waals surface area contributed by atoms with Gasteiger partial charge in [-0.3, -0.25) is 0 Å². The van der Waals surface area contributed by atoms with Crippen LogP contribution in [0.4, 0.5) is 4.39 Å². The summed E-state index contributed by atoms with van der Waals surface area (Å²) in [5.41, 5.74) is 1.91. The Morgan fingerprint density at radius 1 is 1.25 bits per heavy atom. The molecule has 1 aromatic heterocycles. The third-order valence-electron chi connectivity index (χ3n) is 4.24. The molecular weight excluding hydrogens is 255 g/mol. The van der Waals surface area contributed by atoms with Crippen LogP contribution in [-0.2, 0) is 13.0 Å². The first-order valence-corrected chi connectivity index (χ1v) is 7.41. The SMILES string of the molecule is CCn1cc(CCN2CCCC2)c2c(O)cc(F)cc21. The predicted octanol–water partition coefficient (Wildman–Crippen LogP) is 3.14. The summed E-state index contributed by atoms with van der Waals surface area (Å²) in [5, 5.41) is 10.9. The number of aryl methyl sites for hydroxylation is 1. The van der Waals surface area contributed by atoms with E-state index in [2.05, 4.69) is 11.1 Å². The summed E-state index contributed by atoms with van der Waals surface area (Å²) in [6.45, 7) is 6.18. The molecule has 1 aliphatic rings. The fourth-order valence-electron chi connectivity index (χ4n) is 3.19. The highest BCUT2D eigenvalue weighted by atomic mass is 19.1. The van der Waals surface area contributed by atoms with E-state index in [9.17, 15) is 9.50 Å². The Hall–Kier alpha value is -1.55. The van der Waals surface area contributed by atoms with E-state index in [1.165, 1.54) is 38.1 Å². The maximum Gasteiger partial charge on any atom is 0.129 e. The number of aromatic nitrogens is 1. The predicted molar refractivity (Wildman–Crippen MR) is 78.6 cm³/mol. The van der Waals surface area contributed by atoms with Crippen molar-refractivity contribution in [1.29, 1.82) is 0 Å². The number of fused-ring (bicyclic) bond motifs is 1. The molecule has 0 unspecified atom stereocenters. The van der Waals surface area contributed by atoms with Crippen LogP contribution in [0.25, 0.3) is 10.9 Å². The highest BCUT2D eigenvalue weighted by Gasteiger charge is 2.16. The van der Waals surface area contributed by atoms with E-state index in [0.29, 0.717) is 0 Å². The molecule has 3 rings (SSSR count). The number of phenols is 1. The second-order valence-electron chi connectivity index (χ2n) is 5.56. The van der Waals surface area contributed by atoms with Crippen LogP contribution in [0.15, 0.2) is 18.3 Å². The average Bonchev–Trinajstić information content (AvgIpc) is 3.03. The van der Waals surface area contributed by atoms with Gasteiger partial charge in [-0.15, -0.1) is 0 Å². The fourth-order valence-corrected chi connectivity index (χ4v) is 3.19. The van der Waals surface area contributed by atoms with Gasteiger partial charge in [-0.2, -0.15) is 0 Å². The van der Waals surface area contributed by atoms with Crippen molar-refractivity contribution in [2.45, 2.75) is 32.7 Å². The van der Waals surface area contributed by atoms with E-state index < -0.39 is 0 Å². The Morgan fingerprint density at radius 3 is 2.70 bits per heavy atom. The normalized spacial score (nSPS) is 16.3. The van der Waals surface area contributed by atoms with Crippen LogP contribution >= 0.6 is 0 Å². The summed E-state index contributed by atoms with van der Waals surface area (Å²) in [5.74, 6) is -0.322. The van der Waals surface area contributed by atoms with Gasteiger partial charge in [-0.1, -0.05) is 0 Å². The highest BCUT2D eigenvalue weighted by Crippen LogP contribution is 2.31. The molecule has 0 spiro atoms. The van der Waals surface area contributed by atoms with Crippen molar-refractivity contribution >= 4 is 10.9 Å². The van der Waals surface area contributed by atoms with Crippen molar-refractivity contribution in [1.82, 2.24) is 9.47 Å². The Kier molecular flexibility index (Phi) is 3.66. The van der Waals surface area contributed by atoms with E-state index in [1.54, 1.807) is 0 Å². The van der Waals surface area contributed by atoms with Gasteiger partial charge in [0.15, 0.2) is 0 Å². The standard InChI is InChI=1S/C16H21FN2O/c1-2-19-11-12(5-8-18-6-3-4-7-18)16-14(19)9-13(17)10-15(16)20/h9-11,20H,2-8H2,1H3. The molecule has 2 aromatic rings. The van der Waals surface area contributed by atoms with E-state index >= 15 is 0 Å². The molecule has 108 valence electrons. The molecule has 0 amide bonds. The van der Waals surface area contributed by atoms with Crippen LogP contribution < -0.4 is 0 Å². The Morgan fingerprint density at radius 2 is 2.00 bits per heavy atom. The van der Waals surface area contributed by atoms with Crippen LogP contribution in [0.5, 0.6) is 5.75 Å². The molecule has 1 aliphatic heterocycles. The zero-order valence-corrected chi connectivity index (χ0v) is 11.9. The molecule has 1 fully saturated rings. The van der Waals surface area contributed by atoms with Crippen molar-refractivity contribution in [3.63, 3.8) is 0 Å². The maximum atomic E-state index is 13.5. The lowest BCUT2D eigenvalue weighted by molar-refractivity contribution is 0.343. The number of aromatic hydroxyl groups is 1. The number of phenolic OH excluding ortho intramolecular Hbond substituents is 1. The number of hydrogen-bond donors (Lipinski definition) is 1. The number of nitrogens with zero attached hydrogens (tertiary/aromatic N) is 2. The summed E-state index contributed by atoms with van der Waals surface area (Å²) in [6, 6.07) is 2.72. The highest BCUT2D eigenvalue weighted by molar-refractivity contribution is 5.89. The van der Waals surface area contributed by atoms with Gasteiger partial charge in [0.1, 0.15) is 11.6 Å². The third-order valence-corrected chi connectivity index (χ3v) is 4.24. The first kappa shape index (κ1) is 13.4. The van der Waals surface area contributed by atoms with Gasteiger partial charge in [-0.05, 0) is 50.9 Å². The van der Waals surface area contributed by atoms with Crippen molar-refractivity contribution in [3.8, 4) is 5.75 Å². The van der Waals surface area contributed by atoms with Crippen LogP contribution in [0.1, 0.15) is 25.3 Å². The van der Waals surface area contributed by atoms with Crippen LogP contribution in [0, 0.1) is 5.82 Å². The van der Waals surface area contributed by atoms with Gasteiger partial charge in [0, 0.05) is 30.7 Å². The fraction of sp³-hybridized carbons (Fsp3) is 0.500. The van der Waals surface area contributed by atoms with Gasteiger partial charge >= 0.3 is 0 Å². The first-order chi connectivity index (χ1) is 9.69. The molecule has 0 aliphatic carbocycles. The maximum absolute atomic E-state index is 13.5. The van der Waals surface area contributed by atoms with Crippen LogP contribution in [0.3, 0.4) is 0 Å². The number of halogens is 1. The number of likely N-dealkylation sites (tertiary alicyclic amines) is 1. The van der Waals surface area contributed by atoms with Crippen molar-refractivity contribution in [2.24, 2.45) is 0 Å². The number of hydrogen-bond acceptors (Lipinski definition) is 2. The summed E-state index contributed by atoms with van der Waals surface area (Å²) in [6.07, 6.45) is 5.53. The lowest BCUT2D eigenvalue weighted by Gasteiger charge is -2.13. The summed E-state index contributed by atoms with van der Waals surface area (Å²) in [4.78, 5) is 2.45. The second-order valence-corrected chi connectivity index (χ2v) is 5.56. The summed E-state index contributed by atoms with van der Waals surface area (Å²) >= 11 is 0. The minimum atomic E-state index is -0.381. The lowest BCUT2D eigenvalue weighted by Crippen LogP contribution is -2.21. The quantitative estimate of drug-likeness (QED) is 0.929. The molecule has 20 heavy (non-hydrogen) atoms. The molecule has 0 bridgehead atoms. The molecule has 1 N–H and O–H groups in total. The lowest BCUT2D eigenvalue weighted by atomic mass is 10.1. The molecule has 4 heteroatoms. The summed E-state index contributed by atoms with van der Waals surface area (Å²) in [7, 11) is 0. The molecular formula is C16H21FN2O. The van der Waals surface area contributed by atoms with Gasteiger partial charge in [0.25, 0.3) is 0 Å². The minimum Gasteiger partial charge on any atom is -0.507 e. The Balaban J connectivity index is 1.93. The smallest absolute Gasteiger partial charge is 0.129 e. The second kappa shape index (κ2) is 5.44. The number of rotatable bonds is 4. The molecule has 0 radical (unpaired) electrons. The molecule has 2 heterocycles. The van der Waals surface area contributed by atoms with E-state index in [4.69, 9.17) is 0 Å². The topological polar surface area (TPSA) is 28.4 Å². The Bertz CT molecular complexity index is 614. The van der Waals surface area contributed by atoms with Gasteiger partial charge < -0.3 is 14.6 Å². The van der Waals surface area contributed by atoms with Crippen molar-refractivity contribution in [3.05, 3.63) is 29.7 Å². The number of benzene rings is 1. The van der Waals surface area contributed by atoms with E-state index in [-0.39, 0.29) is 11.6 Å². The van der Waals surface area contributed by atoms with E-state index in [1.807, 2.05) is 11.5 Å². The molecule has 1 saturated heterocycles. The summed E-state index contributed by atoms with van der Waals surface area (Å²) < 4.78 is 15.5. The molecule has 0 atom stereocenters. The molecule has 3 nitrogen and oxygen atoms in total. The van der Waals surface area contributed by atoms with Crippen LogP contribution in [0.2, 0.25) is 0 Å². The average molecular weight is 276 g/mol. The Labute approximate surface area is 118 Å². The zero-order valence-electron chi connectivity index (χ0n) is 11.9. The minimum absolute atomic E-state index is 0.0589. The third kappa shape index (κ3) is 2.40. The van der Waals surface area contributed by atoms with Gasteiger partial charge in [0.2, 0.25) is 0 Å². The largest absolute Gasteiger partial charge is 0.507 e. The van der Waals surface area contributed by atoms with Crippen LogP contribution in [-0.4, -0.2) is 34.2 Å².